The van der Waals surface area contributed by atoms with Crippen molar-refractivity contribution in [3.8, 4) is 0 Å². The topological polar surface area (TPSA) is 3.24 Å². The van der Waals surface area contributed by atoms with Gasteiger partial charge in [-0.15, -0.1) is 0 Å². The average molecular weight is 250 g/mol. The minimum absolute atomic E-state index is 0.404. The largest absolute Gasteiger partial charge is 0.293 e. The maximum Gasteiger partial charge on any atom is 0.0409 e. The Morgan fingerprint density at radius 2 is 2.24 bits per heavy atom. The highest BCUT2D eigenvalue weighted by atomic mass is 35.5. The molecule has 17 heavy (non-hydrogen) atoms. The smallest absolute Gasteiger partial charge is 0.0409 e. The van der Waals surface area contributed by atoms with Crippen molar-refractivity contribution in [2.24, 2.45) is 0 Å². The van der Waals surface area contributed by atoms with Crippen LogP contribution in [0.2, 0.25) is 5.02 Å². The van der Waals surface area contributed by atoms with E-state index in [0.29, 0.717) is 12.1 Å². The first-order valence-corrected chi connectivity index (χ1v) is 6.70. The second-order valence-electron chi connectivity index (χ2n) is 4.82. The zero-order valence-electron chi connectivity index (χ0n) is 10.6. The highest BCUT2D eigenvalue weighted by Gasteiger charge is 2.20. The van der Waals surface area contributed by atoms with E-state index in [2.05, 4.69) is 43.2 Å². The summed E-state index contributed by atoms with van der Waals surface area (Å²) in [6, 6.07) is 9.14. The highest BCUT2D eigenvalue weighted by molar-refractivity contribution is 6.30. The summed E-state index contributed by atoms with van der Waals surface area (Å²) in [5.41, 5.74) is 1.29. The van der Waals surface area contributed by atoms with E-state index in [9.17, 15) is 0 Å². The SMILES string of the molecule is CC(c1cccc(Cl)c1)N(C)C1C=CCCC1. The molecule has 1 aromatic carbocycles. The van der Waals surface area contributed by atoms with Crippen LogP contribution >= 0.6 is 11.6 Å². The standard InChI is InChI=1S/C15H20ClN/c1-12(13-7-6-8-14(16)11-13)17(2)15-9-4-3-5-10-15/h4,6-9,11-12,15H,3,5,10H2,1-2H3. The minimum Gasteiger partial charge on any atom is -0.293 e. The molecule has 0 saturated carbocycles. The Bertz CT molecular complexity index is 400. The molecule has 2 unspecified atom stereocenters. The molecule has 92 valence electrons. The second-order valence-corrected chi connectivity index (χ2v) is 5.26. The lowest BCUT2D eigenvalue weighted by Crippen LogP contribution is -2.33. The molecular formula is C15H20ClN. The van der Waals surface area contributed by atoms with Crippen molar-refractivity contribution < 1.29 is 0 Å². The molecule has 0 aliphatic heterocycles. The zero-order chi connectivity index (χ0) is 12.3. The van der Waals surface area contributed by atoms with E-state index in [1.807, 2.05) is 12.1 Å². The quantitative estimate of drug-likeness (QED) is 0.716. The van der Waals surface area contributed by atoms with Gasteiger partial charge in [0.05, 0.1) is 0 Å². The fourth-order valence-electron chi connectivity index (χ4n) is 2.42. The Kier molecular flexibility index (Phi) is 4.25. The van der Waals surface area contributed by atoms with E-state index in [4.69, 9.17) is 11.6 Å². The van der Waals surface area contributed by atoms with E-state index >= 15 is 0 Å². The number of nitrogens with zero attached hydrogens (tertiary/aromatic N) is 1. The van der Waals surface area contributed by atoms with Gasteiger partial charge in [-0.2, -0.15) is 0 Å². The Labute approximate surface area is 109 Å². The van der Waals surface area contributed by atoms with Crippen molar-refractivity contribution in [3.05, 3.63) is 47.0 Å². The van der Waals surface area contributed by atoms with E-state index < -0.39 is 0 Å². The molecule has 0 N–H and O–H groups in total. The highest BCUT2D eigenvalue weighted by Crippen LogP contribution is 2.26. The van der Waals surface area contributed by atoms with Crippen LogP contribution in [0.5, 0.6) is 0 Å². The predicted molar refractivity (Wildman–Crippen MR) is 74.4 cm³/mol. The number of hydrogen-bond acceptors (Lipinski definition) is 1. The average Bonchev–Trinajstić information content (AvgIpc) is 2.38. The zero-order valence-corrected chi connectivity index (χ0v) is 11.3. The Morgan fingerprint density at radius 1 is 1.41 bits per heavy atom. The summed E-state index contributed by atoms with van der Waals surface area (Å²) < 4.78 is 0. The maximum absolute atomic E-state index is 6.05. The van der Waals surface area contributed by atoms with Crippen molar-refractivity contribution in [3.63, 3.8) is 0 Å². The van der Waals surface area contributed by atoms with Gasteiger partial charge in [0.2, 0.25) is 0 Å². The van der Waals surface area contributed by atoms with Gasteiger partial charge in [-0.05, 0) is 50.9 Å². The molecule has 1 aromatic rings. The van der Waals surface area contributed by atoms with Crippen LogP contribution in [-0.2, 0) is 0 Å². The summed E-state index contributed by atoms with van der Waals surface area (Å²) in [5.74, 6) is 0. The molecule has 0 amide bonds. The normalized spacial score (nSPS) is 21.8. The van der Waals surface area contributed by atoms with Crippen molar-refractivity contribution in [2.45, 2.75) is 38.3 Å². The first kappa shape index (κ1) is 12.7. The van der Waals surface area contributed by atoms with Gasteiger partial charge in [0.25, 0.3) is 0 Å². The summed E-state index contributed by atoms with van der Waals surface area (Å²) in [6.07, 6.45) is 8.43. The molecule has 2 rings (SSSR count). The van der Waals surface area contributed by atoms with E-state index in [1.165, 1.54) is 24.8 Å². The van der Waals surface area contributed by atoms with Crippen LogP contribution in [0.4, 0.5) is 0 Å². The van der Waals surface area contributed by atoms with Crippen molar-refractivity contribution >= 4 is 11.6 Å². The number of rotatable bonds is 3. The van der Waals surface area contributed by atoms with Gasteiger partial charge in [0.15, 0.2) is 0 Å². The monoisotopic (exact) mass is 249 g/mol. The lowest BCUT2D eigenvalue weighted by Gasteiger charge is -2.33. The predicted octanol–water partition coefficient (Wildman–Crippen LogP) is 4.44. The molecule has 0 fully saturated rings. The number of halogens is 1. The number of allylic oxidation sites excluding steroid dienone is 1. The van der Waals surface area contributed by atoms with Crippen LogP contribution in [0.1, 0.15) is 37.8 Å². The minimum atomic E-state index is 0.404. The van der Waals surface area contributed by atoms with Crippen LogP contribution in [0.3, 0.4) is 0 Å². The third-order valence-corrected chi connectivity index (χ3v) is 3.93. The molecule has 0 aromatic heterocycles. The molecule has 2 atom stereocenters. The van der Waals surface area contributed by atoms with Gasteiger partial charge in [-0.25, -0.2) is 0 Å². The van der Waals surface area contributed by atoms with Gasteiger partial charge in [-0.3, -0.25) is 4.90 Å². The van der Waals surface area contributed by atoms with Gasteiger partial charge < -0.3 is 0 Å². The van der Waals surface area contributed by atoms with Gasteiger partial charge >= 0.3 is 0 Å². The lowest BCUT2D eigenvalue weighted by molar-refractivity contribution is 0.202. The first-order valence-electron chi connectivity index (χ1n) is 6.32. The lowest BCUT2D eigenvalue weighted by atomic mass is 9.98. The van der Waals surface area contributed by atoms with Gasteiger partial charge in [0, 0.05) is 17.1 Å². The fourth-order valence-corrected chi connectivity index (χ4v) is 2.62. The number of hydrogen-bond donors (Lipinski definition) is 0. The third-order valence-electron chi connectivity index (χ3n) is 3.69. The van der Waals surface area contributed by atoms with Crippen LogP contribution in [0.15, 0.2) is 36.4 Å². The maximum atomic E-state index is 6.05. The van der Waals surface area contributed by atoms with Crippen LogP contribution < -0.4 is 0 Å². The van der Waals surface area contributed by atoms with E-state index in [1.54, 1.807) is 0 Å². The summed E-state index contributed by atoms with van der Waals surface area (Å²) in [7, 11) is 2.20. The Morgan fingerprint density at radius 3 is 2.88 bits per heavy atom. The molecule has 2 heteroatoms. The molecule has 0 bridgehead atoms. The molecule has 0 saturated heterocycles. The molecule has 1 aliphatic rings. The first-order chi connectivity index (χ1) is 8.18. The van der Waals surface area contributed by atoms with Crippen molar-refractivity contribution in [2.75, 3.05) is 7.05 Å². The van der Waals surface area contributed by atoms with Crippen LogP contribution in [-0.4, -0.2) is 18.0 Å². The number of benzene rings is 1. The van der Waals surface area contributed by atoms with Crippen molar-refractivity contribution in [1.29, 1.82) is 0 Å². The molecule has 1 nitrogen and oxygen atoms in total. The summed E-state index contributed by atoms with van der Waals surface area (Å²) in [6.45, 7) is 2.24. The summed E-state index contributed by atoms with van der Waals surface area (Å²) >= 11 is 6.05. The number of likely N-dealkylation sites (N-methyl/N-ethyl adjacent to an activating group) is 1. The molecular weight excluding hydrogens is 230 g/mol. The van der Waals surface area contributed by atoms with Gasteiger partial charge in [0.1, 0.15) is 0 Å². The molecule has 1 aliphatic carbocycles. The van der Waals surface area contributed by atoms with Crippen LogP contribution in [0, 0.1) is 0 Å². The molecule has 0 radical (unpaired) electrons. The summed E-state index contributed by atoms with van der Waals surface area (Å²) in [5, 5.41) is 0.821. The van der Waals surface area contributed by atoms with Gasteiger partial charge in [-0.1, -0.05) is 35.9 Å². The van der Waals surface area contributed by atoms with Crippen LogP contribution in [0.25, 0.3) is 0 Å². The van der Waals surface area contributed by atoms with Crippen molar-refractivity contribution in [1.82, 2.24) is 4.90 Å². The Hall–Kier alpha value is -0.790. The summed E-state index contributed by atoms with van der Waals surface area (Å²) in [4.78, 5) is 2.43. The molecule has 0 heterocycles. The second kappa shape index (κ2) is 5.70. The molecule has 0 spiro atoms. The van der Waals surface area contributed by atoms with E-state index in [-0.39, 0.29) is 0 Å². The Balaban J connectivity index is 2.11. The third kappa shape index (κ3) is 3.11. The van der Waals surface area contributed by atoms with E-state index in [0.717, 1.165) is 5.02 Å². The fraction of sp³-hybridized carbons (Fsp3) is 0.467.